The molecule has 0 amide bonds. The minimum atomic E-state index is 0.347. The summed E-state index contributed by atoms with van der Waals surface area (Å²) in [6, 6.07) is 0. The first-order valence-electron chi connectivity index (χ1n) is 5.41. The van der Waals surface area contributed by atoms with E-state index in [0.717, 1.165) is 5.92 Å². The first-order valence-corrected chi connectivity index (χ1v) is 6.33. The van der Waals surface area contributed by atoms with Crippen molar-refractivity contribution in [2.24, 2.45) is 16.7 Å². The van der Waals surface area contributed by atoms with E-state index in [2.05, 4.69) is 36.7 Å². The maximum atomic E-state index is 5.88. The molecule has 80 valence electrons. The van der Waals surface area contributed by atoms with Gasteiger partial charge in [0.25, 0.3) is 0 Å². The fraction of sp³-hybridized carbons (Fsp3) is 0.833. The molecule has 2 saturated carbocycles. The van der Waals surface area contributed by atoms with Crippen LogP contribution in [0.1, 0.15) is 40.0 Å². The van der Waals surface area contributed by atoms with Crippen molar-refractivity contribution in [1.82, 2.24) is 0 Å². The molecule has 2 aliphatic rings. The van der Waals surface area contributed by atoms with Gasteiger partial charge in [-0.1, -0.05) is 36.7 Å². The molecular formula is C12H19BrO. The fourth-order valence-electron chi connectivity index (χ4n) is 3.70. The molecule has 1 nitrogen and oxygen atoms in total. The summed E-state index contributed by atoms with van der Waals surface area (Å²) in [5, 5.41) is 0. The Morgan fingerprint density at radius 1 is 1.36 bits per heavy atom. The number of fused-ring (bicyclic) bond motifs is 2. The summed E-state index contributed by atoms with van der Waals surface area (Å²) in [5.41, 5.74) is 0.764. The number of rotatable bonds is 2. The van der Waals surface area contributed by atoms with Gasteiger partial charge in [-0.3, -0.25) is 0 Å². The van der Waals surface area contributed by atoms with Crippen LogP contribution in [0.2, 0.25) is 0 Å². The van der Waals surface area contributed by atoms with E-state index in [1.165, 1.54) is 19.3 Å². The van der Waals surface area contributed by atoms with Crippen LogP contribution in [0.3, 0.4) is 0 Å². The molecule has 0 aromatic rings. The lowest BCUT2D eigenvalue weighted by Crippen LogP contribution is -2.41. The lowest BCUT2D eigenvalue weighted by atomic mass is 9.70. The second-order valence-electron chi connectivity index (χ2n) is 5.69. The molecule has 2 heteroatoms. The van der Waals surface area contributed by atoms with Crippen molar-refractivity contribution < 1.29 is 4.74 Å². The Hall–Kier alpha value is 0.0200. The monoisotopic (exact) mass is 258 g/mol. The average Bonchev–Trinajstić information content (AvgIpc) is 2.55. The van der Waals surface area contributed by atoms with Crippen LogP contribution in [0.4, 0.5) is 0 Å². The molecule has 0 spiro atoms. The summed E-state index contributed by atoms with van der Waals surface area (Å²) in [5.74, 6) is 0.862. The Balaban J connectivity index is 2.21. The highest BCUT2D eigenvalue weighted by Crippen LogP contribution is 2.63. The van der Waals surface area contributed by atoms with E-state index in [1.54, 1.807) is 11.2 Å². The Bertz CT molecular complexity index is 254. The zero-order valence-corrected chi connectivity index (χ0v) is 10.8. The Kier molecular flexibility index (Phi) is 2.45. The SMILES string of the molecule is CC1(C)[C@@H]2CC[C@@](C)(C2)[C@@H]1O/C=C\Br. The molecule has 0 aliphatic heterocycles. The van der Waals surface area contributed by atoms with Gasteiger partial charge in [-0.15, -0.1) is 0 Å². The number of hydrogen-bond donors (Lipinski definition) is 0. The number of halogens is 1. The van der Waals surface area contributed by atoms with Crippen LogP contribution in [0.25, 0.3) is 0 Å². The maximum Gasteiger partial charge on any atom is 0.108 e. The maximum absolute atomic E-state index is 5.88. The predicted molar refractivity (Wildman–Crippen MR) is 62.2 cm³/mol. The van der Waals surface area contributed by atoms with E-state index >= 15 is 0 Å². The summed E-state index contributed by atoms with van der Waals surface area (Å²) in [7, 11) is 0. The van der Waals surface area contributed by atoms with E-state index in [9.17, 15) is 0 Å². The molecule has 2 fully saturated rings. The smallest absolute Gasteiger partial charge is 0.108 e. The molecule has 2 bridgehead atoms. The minimum Gasteiger partial charge on any atom is -0.496 e. The topological polar surface area (TPSA) is 9.23 Å². The Morgan fingerprint density at radius 2 is 2.07 bits per heavy atom. The minimum absolute atomic E-state index is 0.347. The second-order valence-corrected chi connectivity index (χ2v) is 6.22. The van der Waals surface area contributed by atoms with Crippen molar-refractivity contribution in [3.05, 3.63) is 11.2 Å². The van der Waals surface area contributed by atoms with Gasteiger partial charge in [-0.25, -0.2) is 0 Å². The zero-order valence-electron chi connectivity index (χ0n) is 9.22. The Morgan fingerprint density at radius 3 is 2.57 bits per heavy atom. The third kappa shape index (κ3) is 1.34. The molecule has 0 N–H and O–H groups in total. The van der Waals surface area contributed by atoms with Gasteiger partial charge in [-0.05, 0) is 25.2 Å². The molecule has 0 unspecified atom stereocenters. The quantitative estimate of drug-likeness (QED) is 0.679. The highest BCUT2D eigenvalue weighted by Gasteiger charge is 2.60. The van der Waals surface area contributed by atoms with E-state index < -0.39 is 0 Å². The molecule has 0 aromatic heterocycles. The van der Waals surface area contributed by atoms with Crippen molar-refractivity contribution in [1.29, 1.82) is 0 Å². The van der Waals surface area contributed by atoms with Crippen molar-refractivity contribution in [3.63, 3.8) is 0 Å². The van der Waals surface area contributed by atoms with Crippen molar-refractivity contribution in [3.8, 4) is 0 Å². The van der Waals surface area contributed by atoms with E-state index in [4.69, 9.17) is 4.74 Å². The summed E-state index contributed by atoms with van der Waals surface area (Å²) in [6.07, 6.45) is 6.25. The largest absolute Gasteiger partial charge is 0.496 e. The zero-order chi connectivity index (χ0) is 10.4. The van der Waals surface area contributed by atoms with E-state index in [0.29, 0.717) is 16.9 Å². The first-order chi connectivity index (χ1) is 6.50. The summed E-state index contributed by atoms with van der Waals surface area (Å²) in [4.78, 5) is 1.80. The van der Waals surface area contributed by atoms with Crippen molar-refractivity contribution in [2.45, 2.75) is 46.1 Å². The molecule has 0 aromatic carbocycles. The van der Waals surface area contributed by atoms with Gasteiger partial charge in [0.2, 0.25) is 0 Å². The van der Waals surface area contributed by atoms with E-state index in [1.807, 2.05) is 0 Å². The van der Waals surface area contributed by atoms with E-state index in [-0.39, 0.29) is 0 Å². The molecule has 0 saturated heterocycles. The van der Waals surface area contributed by atoms with Crippen LogP contribution in [0.5, 0.6) is 0 Å². The van der Waals surface area contributed by atoms with Crippen molar-refractivity contribution in [2.75, 3.05) is 0 Å². The summed E-state index contributed by atoms with van der Waals surface area (Å²) in [6.45, 7) is 7.10. The van der Waals surface area contributed by atoms with Crippen LogP contribution in [0, 0.1) is 16.7 Å². The number of ether oxygens (including phenoxy) is 1. The molecule has 0 heterocycles. The van der Waals surface area contributed by atoms with Crippen LogP contribution in [-0.4, -0.2) is 6.10 Å². The standard InChI is InChI=1S/C12H19BrO/c1-11(2)9-4-5-12(3,8-9)10(11)14-7-6-13/h6-7,9-10H,4-5,8H2,1-3H3/b7-6-/t9-,10-,12+/m1/s1. The molecule has 14 heavy (non-hydrogen) atoms. The fourth-order valence-corrected chi connectivity index (χ4v) is 3.83. The van der Waals surface area contributed by atoms with Gasteiger partial charge < -0.3 is 4.74 Å². The third-order valence-corrected chi connectivity index (χ3v) is 4.62. The van der Waals surface area contributed by atoms with Crippen LogP contribution in [0.15, 0.2) is 11.2 Å². The first kappa shape index (κ1) is 10.5. The molecular weight excluding hydrogens is 240 g/mol. The van der Waals surface area contributed by atoms with Gasteiger partial charge >= 0.3 is 0 Å². The van der Waals surface area contributed by atoms with Gasteiger partial charge in [0.15, 0.2) is 0 Å². The van der Waals surface area contributed by atoms with Crippen LogP contribution >= 0.6 is 15.9 Å². The highest BCUT2D eigenvalue weighted by molar-refractivity contribution is 9.11. The van der Waals surface area contributed by atoms with Crippen LogP contribution in [-0.2, 0) is 4.74 Å². The van der Waals surface area contributed by atoms with Gasteiger partial charge in [0.1, 0.15) is 6.10 Å². The predicted octanol–water partition coefficient (Wildman–Crippen LogP) is 4.08. The molecule has 2 rings (SSSR count). The van der Waals surface area contributed by atoms with Gasteiger partial charge in [-0.2, -0.15) is 0 Å². The normalized spacial score (nSPS) is 44.9. The average molecular weight is 259 g/mol. The summed E-state index contributed by atoms with van der Waals surface area (Å²) < 4.78 is 5.88. The Labute approximate surface area is 95.0 Å². The second kappa shape index (κ2) is 3.26. The molecule has 2 aliphatic carbocycles. The lowest BCUT2D eigenvalue weighted by molar-refractivity contribution is -0.0438. The number of hydrogen-bond acceptors (Lipinski definition) is 1. The van der Waals surface area contributed by atoms with Crippen LogP contribution < -0.4 is 0 Å². The van der Waals surface area contributed by atoms with Gasteiger partial charge in [0.05, 0.1) is 6.26 Å². The molecule has 3 atom stereocenters. The lowest BCUT2D eigenvalue weighted by Gasteiger charge is -2.41. The summed E-state index contributed by atoms with van der Waals surface area (Å²) >= 11 is 3.26. The van der Waals surface area contributed by atoms with Crippen molar-refractivity contribution >= 4 is 15.9 Å². The van der Waals surface area contributed by atoms with Gasteiger partial charge in [0, 0.05) is 15.8 Å². The third-order valence-electron chi connectivity index (χ3n) is 4.40. The highest BCUT2D eigenvalue weighted by atomic mass is 79.9. The molecule has 0 radical (unpaired) electrons.